The van der Waals surface area contributed by atoms with E-state index in [9.17, 15) is 14.4 Å². The Kier molecular flexibility index (Phi) is 2.75. The van der Waals surface area contributed by atoms with Gasteiger partial charge >= 0.3 is 5.97 Å². The highest BCUT2D eigenvalue weighted by Crippen LogP contribution is 2.29. The van der Waals surface area contributed by atoms with Gasteiger partial charge in [0.1, 0.15) is 18.7 Å². The molecule has 0 saturated carbocycles. The van der Waals surface area contributed by atoms with Crippen molar-refractivity contribution in [3.05, 3.63) is 40.9 Å². The number of fused-ring (bicyclic) bond motifs is 3. The summed E-state index contributed by atoms with van der Waals surface area (Å²) in [4.78, 5) is 42.0. The molecule has 2 atom stereocenters. The smallest absolute Gasteiger partial charge is 0.329 e. The van der Waals surface area contributed by atoms with Gasteiger partial charge in [0.05, 0.1) is 23.8 Å². The standard InChI is InChI=1S/C15H13N3O4/c19-13(18-6-9-5-12(18)15(21)22-9)7-17-8-16-11-4-2-1-3-10(11)14(17)20/h1-4,8-9,12H,5-7H2. The van der Waals surface area contributed by atoms with Crippen molar-refractivity contribution in [2.75, 3.05) is 6.54 Å². The Hall–Kier alpha value is -2.70. The van der Waals surface area contributed by atoms with Gasteiger partial charge in [-0.25, -0.2) is 9.78 Å². The molecule has 2 bridgehead atoms. The molecule has 0 radical (unpaired) electrons. The van der Waals surface area contributed by atoms with Gasteiger partial charge in [-0.1, -0.05) is 12.1 Å². The van der Waals surface area contributed by atoms with E-state index in [4.69, 9.17) is 4.74 Å². The maximum Gasteiger partial charge on any atom is 0.329 e. The van der Waals surface area contributed by atoms with E-state index in [1.165, 1.54) is 15.8 Å². The lowest BCUT2D eigenvalue weighted by Gasteiger charge is -2.25. The van der Waals surface area contributed by atoms with Gasteiger partial charge in [0.25, 0.3) is 5.56 Å². The lowest BCUT2D eigenvalue weighted by atomic mass is 10.2. The van der Waals surface area contributed by atoms with Gasteiger partial charge in [-0.15, -0.1) is 0 Å². The number of likely N-dealkylation sites (tertiary alicyclic amines) is 1. The van der Waals surface area contributed by atoms with Crippen LogP contribution in [-0.4, -0.2) is 45.0 Å². The van der Waals surface area contributed by atoms with Crippen LogP contribution in [-0.2, 0) is 20.9 Å². The third-order valence-corrected chi connectivity index (χ3v) is 4.18. The van der Waals surface area contributed by atoms with E-state index in [-0.39, 0.29) is 30.1 Å². The minimum atomic E-state index is -0.499. The van der Waals surface area contributed by atoms with Gasteiger partial charge in [-0.3, -0.25) is 14.2 Å². The number of esters is 1. The van der Waals surface area contributed by atoms with Crippen LogP contribution in [0.3, 0.4) is 0 Å². The molecule has 2 aliphatic heterocycles. The van der Waals surface area contributed by atoms with Gasteiger partial charge in [-0.2, -0.15) is 0 Å². The molecule has 4 rings (SSSR count). The minimum absolute atomic E-state index is 0.118. The highest BCUT2D eigenvalue weighted by atomic mass is 16.6. The first-order chi connectivity index (χ1) is 10.6. The van der Waals surface area contributed by atoms with E-state index >= 15 is 0 Å². The van der Waals surface area contributed by atoms with Crippen LogP contribution in [0.4, 0.5) is 0 Å². The molecule has 3 heterocycles. The maximum atomic E-state index is 12.4. The van der Waals surface area contributed by atoms with Crippen LogP contribution in [0.5, 0.6) is 0 Å². The number of para-hydroxylation sites is 1. The molecule has 2 aromatic rings. The summed E-state index contributed by atoms with van der Waals surface area (Å²) in [5.41, 5.74) is 0.339. The fourth-order valence-corrected chi connectivity index (χ4v) is 3.08. The Morgan fingerprint density at radius 1 is 1.32 bits per heavy atom. The van der Waals surface area contributed by atoms with E-state index in [0.29, 0.717) is 23.9 Å². The molecule has 2 unspecified atom stereocenters. The fraction of sp³-hybridized carbons (Fsp3) is 0.333. The summed E-state index contributed by atoms with van der Waals surface area (Å²) in [6.45, 7) is 0.290. The number of hydrogen-bond acceptors (Lipinski definition) is 5. The Labute approximate surface area is 125 Å². The van der Waals surface area contributed by atoms with Crippen LogP contribution in [0.1, 0.15) is 6.42 Å². The molecule has 7 heteroatoms. The molecule has 2 saturated heterocycles. The largest absolute Gasteiger partial charge is 0.459 e. The molecule has 1 aromatic carbocycles. The second kappa shape index (κ2) is 4.66. The lowest BCUT2D eigenvalue weighted by molar-refractivity contribution is -0.157. The van der Waals surface area contributed by atoms with E-state index in [2.05, 4.69) is 4.98 Å². The van der Waals surface area contributed by atoms with Crippen molar-refractivity contribution in [2.45, 2.75) is 25.1 Å². The van der Waals surface area contributed by atoms with Crippen molar-refractivity contribution in [1.29, 1.82) is 0 Å². The number of amides is 1. The quantitative estimate of drug-likeness (QED) is 0.725. The van der Waals surface area contributed by atoms with E-state index < -0.39 is 6.04 Å². The van der Waals surface area contributed by atoms with Crippen molar-refractivity contribution >= 4 is 22.8 Å². The molecule has 0 aliphatic carbocycles. The van der Waals surface area contributed by atoms with Gasteiger partial charge in [0.15, 0.2) is 0 Å². The van der Waals surface area contributed by atoms with Gasteiger partial charge in [-0.05, 0) is 12.1 Å². The van der Waals surface area contributed by atoms with Crippen LogP contribution >= 0.6 is 0 Å². The molecular formula is C15H13N3O4. The first kappa shape index (κ1) is 13.0. The predicted octanol–water partition coefficient (Wildman–Crippen LogP) is -0.0772. The minimum Gasteiger partial charge on any atom is -0.459 e. The van der Waals surface area contributed by atoms with Crippen LogP contribution in [0, 0.1) is 0 Å². The van der Waals surface area contributed by atoms with Crippen molar-refractivity contribution < 1.29 is 14.3 Å². The van der Waals surface area contributed by atoms with Crippen LogP contribution in [0.2, 0.25) is 0 Å². The van der Waals surface area contributed by atoms with Crippen LogP contribution in [0.25, 0.3) is 10.9 Å². The first-order valence-corrected chi connectivity index (χ1v) is 7.07. The van der Waals surface area contributed by atoms with Crippen molar-refractivity contribution in [2.24, 2.45) is 0 Å². The van der Waals surface area contributed by atoms with Crippen LogP contribution < -0.4 is 5.56 Å². The second-order valence-electron chi connectivity index (χ2n) is 5.55. The third-order valence-electron chi connectivity index (χ3n) is 4.18. The number of nitrogens with zero attached hydrogens (tertiary/aromatic N) is 3. The number of aromatic nitrogens is 2. The summed E-state index contributed by atoms with van der Waals surface area (Å²) in [5, 5.41) is 0.472. The van der Waals surface area contributed by atoms with Crippen molar-refractivity contribution in [3.63, 3.8) is 0 Å². The van der Waals surface area contributed by atoms with E-state index in [0.717, 1.165) is 0 Å². The van der Waals surface area contributed by atoms with E-state index in [1.54, 1.807) is 24.3 Å². The summed E-state index contributed by atoms with van der Waals surface area (Å²) < 4.78 is 6.34. The normalized spacial score (nSPS) is 23.1. The van der Waals surface area contributed by atoms with Crippen molar-refractivity contribution in [1.82, 2.24) is 14.5 Å². The van der Waals surface area contributed by atoms with Gasteiger partial charge < -0.3 is 9.64 Å². The van der Waals surface area contributed by atoms with E-state index in [1.807, 2.05) is 0 Å². The van der Waals surface area contributed by atoms with Crippen LogP contribution in [0.15, 0.2) is 35.4 Å². The summed E-state index contributed by atoms with van der Waals surface area (Å²) in [6.07, 6.45) is 1.72. The number of morpholine rings is 1. The summed E-state index contributed by atoms with van der Waals surface area (Å²) in [7, 11) is 0. The number of carbonyl (C=O) groups is 2. The molecule has 112 valence electrons. The topological polar surface area (TPSA) is 81.5 Å². The average Bonchev–Trinajstić information content (AvgIpc) is 3.09. The number of ether oxygens (including phenoxy) is 1. The second-order valence-corrected chi connectivity index (χ2v) is 5.55. The molecule has 1 aromatic heterocycles. The Morgan fingerprint density at radius 3 is 2.91 bits per heavy atom. The molecular weight excluding hydrogens is 286 g/mol. The highest BCUT2D eigenvalue weighted by molar-refractivity contribution is 5.87. The lowest BCUT2D eigenvalue weighted by Crippen LogP contribution is -2.46. The van der Waals surface area contributed by atoms with Gasteiger partial charge in [0, 0.05) is 6.42 Å². The molecule has 1 amide bonds. The van der Waals surface area contributed by atoms with Crippen molar-refractivity contribution in [3.8, 4) is 0 Å². The number of rotatable bonds is 2. The molecule has 0 N–H and O–H groups in total. The zero-order chi connectivity index (χ0) is 15.3. The SMILES string of the molecule is O=C1OC2CC1N(C(=O)Cn1cnc3ccccc3c1=O)C2. The first-order valence-electron chi connectivity index (χ1n) is 7.07. The Morgan fingerprint density at radius 2 is 2.14 bits per heavy atom. The fourth-order valence-electron chi connectivity index (χ4n) is 3.08. The maximum absolute atomic E-state index is 12.4. The highest BCUT2D eigenvalue weighted by Gasteiger charge is 2.48. The number of carbonyl (C=O) groups excluding carboxylic acids is 2. The predicted molar refractivity (Wildman–Crippen MR) is 76.0 cm³/mol. The zero-order valence-electron chi connectivity index (χ0n) is 11.6. The van der Waals surface area contributed by atoms with Gasteiger partial charge in [0.2, 0.25) is 5.91 Å². The Bertz CT molecular complexity index is 844. The third kappa shape index (κ3) is 1.89. The monoisotopic (exact) mass is 299 g/mol. The summed E-state index contributed by atoms with van der Waals surface area (Å²) >= 11 is 0. The Balaban J connectivity index is 1.61. The summed E-state index contributed by atoms with van der Waals surface area (Å²) in [6, 6.07) is 6.49. The number of benzene rings is 1. The molecule has 7 nitrogen and oxygen atoms in total. The molecule has 22 heavy (non-hydrogen) atoms. The number of hydrogen-bond donors (Lipinski definition) is 0. The molecule has 2 fully saturated rings. The average molecular weight is 299 g/mol. The summed E-state index contributed by atoms with van der Waals surface area (Å²) in [5.74, 6) is -0.614. The molecule has 0 spiro atoms. The molecule has 2 aliphatic rings. The zero-order valence-corrected chi connectivity index (χ0v) is 11.6.